The molecule has 0 spiro atoms. The zero-order valence-corrected chi connectivity index (χ0v) is 15.0. The number of allylic oxidation sites excluding steroid dienone is 2. The average molecular weight is 335 g/mol. The van der Waals surface area contributed by atoms with Crippen molar-refractivity contribution in [1.82, 2.24) is 0 Å². The van der Waals surface area contributed by atoms with Gasteiger partial charge in [-0.1, -0.05) is 75.3 Å². The van der Waals surface area contributed by atoms with Crippen LogP contribution in [0.3, 0.4) is 0 Å². The van der Waals surface area contributed by atoms with E-state index >= 15 is 0 Å². The lowest BCUT2D eigenvalue weighted by atomic mass is 9.73. The highest BCUT2D eigenvalue weighted by Crippen LogP contribution is 2.41. The van der Waals surface area contributed by atoms with E-state index in [1.807, 2.05) is 12.1 Å². The van der Waals surface area contributed by atoms with Gasteiger partial charge < -0.3 is 0 Å². The molecule has 0 amide bonds. The highest BCUT2D eigenvalue weighted by Gasteiger charge is 2.26. The lowest BCUT2D eigenvalue weighted by molar-refractivity contribution is 0.235. The molecule has 1 fully saturated rings. The summed E-state index contributed by atoms with van der Waals surface area (Å²) in [6.07, 6.45) is 14.5. The summed E-state index contributed by atoms with van der Waals surface area (Å²) in [5.41, 5.74) is 2.84. The summed E-state index contributed by atoms with van der Waals surface area (Å²) in [4.78, 5) is 0. The molecule has 23 heavy (non-hydrogen) atoms. The van der Waals surface area contributed by atoms with Gasteiger partial charge in [-0.3, -0.25) is 0 Å². The fraction of sp³-hybridized carbons (Fsp3) is 0.619. The van der Waals surface area contributed by atoms with E-state index < -0.39 is 0 Å². The van der Waals surface area contributed by atoms with Crippen molar-refractivity contribution in [3.05, 3.63) is 40.2 Å². The fourth-order valence-corrected chi connectivity index (χ4v) is 4.69. The summed E-state index contributed by atoms with van der Waals surface area (Å²) in [7, 11) is 0. The van der Waals surface area contributed by atoms with E-state index in [1.165, 1.54) is 44.1 Å². The molecule has 0 N–H and O–H groups in total. The van der Waals surface area contributed by atoms with Crippen molar-refractivity contribution in [3.63, 3.8) is 0 Å². The number of rotatable bonds is 4. The minimum Gasteiger partial charge on any atom is -0.205 e. The standard InChI is InChI=1S/C21H28ClF/c1-2-6-18-13-14-19(21(23)20(18)22)17-11-9-16(10-12-17)15-7-4-3-5-8-15/h11,13-16H,2-10,12H2,1H3. The van der Waals surface area contributed by atoms with Crippen LogP contribution in [0.2, 0.25) is 5.02 Å². The molecule has 1 saturated carbocycles. The fourth-order valence-electron chi connectivity index (χ4n) is 4.43. The quantitative estimate of drug-likeness (QED) is 0.546. The Morgan fingerprint density at radius 1 is 1.09 bits per heavy atom. The van der Waals surface area contributed by atoms with Crippen LogP contribution in [0.4, 0.5) is 4.39 Å². The molecular weight excluding hydrogens is 307 g/mol. The Morgan fingerprint density at radius 2 is 1.87 bits per heavy atom. The summed E-state index contributed by atoms with van der Waals surface area (Å²) >= 11 is 6.24. The van der Waals surface area contributed by atoms with Gasteiger partial charge in [-0.2, -0.15) is 0 Å². The largest absolute Gasteiger partial charge is 0.205 e. The molecule has 0 nitrogen and oxygen atoms in total. The summed E-state index contributed by atoms with van der Waals surface area (Å²) < 4.78 is 14.6. The monoisotopic (exact) mass is 334 g/mol. The highest BCUT2D eigenvalue weighted by atomic mass is 35.5. The maximum absolute atomic E-state index is 14.6. The first kappa shape index (κ1) is 17.0. The smallest absolute Gasteiger partial charge is 0.149 e. The Kier molecular flexibility index (Phi) is 5.80. The normalized spacial score (nSPS) is 22.9. The van der Waals surface area contributed by atoms with E-state index in [4.69, 9.17) is 11.6 Å². The van der Waals surface area contributed by atoms with Crippen LogP contribution in [-0.2, 0) is 6.42 Å². The third-order valence-electron chi connectivity index (χ3n) is 5.80. The topological polar surface area (TPSA) is 0 Å². The van der Waals surface area contributed by atoms with Crippen LogP contribution in [-0.4, -0.2) is 0 Å². The van der Waals surface area contributed by atoms with Crippen LogP contribution in [0.5, 0.6) is 0 Å². The van der Waals surface area contributed by atoms with Gasteiger partial charge in [0.15, 0.2) is 0 Å². The first-order chi connectivity index (χ1) is 11.2. The van der Waals surface area contributed by atoms with Crippen molar-refractivity contribution in [2.75, 3.05) is 0 Å². The molecule has 0 saturated heterocycles. The average Bonchev–Trinajstić information content (AvgIpc) is 2.60. The number of aryl methyl sites for hydroxylation is 1. The molecule has 0 radical (unpaired) electrons. The Hall–Kier alpha value is -0.820. The van der Waals surface area contributed by atoms with Gasteiger partial charge in [0.05, 0.1) is 5.02 Å². The second kappa shape index (κ2) is 7.83. The first-order valence-electron chi connectivity index (χ1n) is 9.37. The number of hydrogen-bond acceptors (Lipinski definition) is 0. The third kappa shape index (κ3) is 3.82. The molecule has 1 aromatic rings. The molecule has 0 aromatic heterocycles. The van der Waals surface area contributed by atoms with Gasteiger partial charge >= 0.3 is 0 Å². The molecule has 1 atom stereocenters. The Labute approximate surface area is 145 Å². The minimum absolute atomic E-state index is 0.208. The zero-order chi connectivity index (χ0) is 16.2. The molecule has 126 valence electrons. The van der Waals surface area contributed by atoms with Crippen molar-refractivity contribution in [2.45, 2.75) is 71.1 Å². The zero-order valence-electron chi connectivity index (χ0n) is 14.2. The van der Waals surface area contributed by atoms with Crippen LogP contribution in [0, 0.1) is 17.7 Å². The molecule has 0 heterocycles. The summed E-state index contributed by atoms with van der Waals surface area (Å²) in [6.45, 7) is 2.09. The van der Waals surface area contributed by atoms with Crippen molar-refractivity contribution >= 4 is 17.2 Å². The van der Waals surface area contributed by atoms with Crippen LogP contribution in [0.1, 0.15) is 75.8 Å². The van der Waals surface area contributed by atoms with Gasteiger partial charge in [-0.25, -0.2) is 4.39 Å². The Bertz CT molecular complexity index is 569. The molecular formula is C21H28ClF. The molecule has 0 bridgehead atoms. The van der Waals surface area contributed by atoms with E-state index in [0.29, 0.717) is 5.02 Å². The van der Waals surface area contributed by atoms with Crippen molar-refractivity contribution in [1.29, 1.82) is 0 Å². The molecule has 2 heteroatoms. The summed E-state index contributed by atoms with van der Waals surface area (Å²) in [5.74, 6) is 1.51. The molecule has 3 rings (SSSR count). The van der Waals surface area contributed by atoms with E-state index in [9.17, 15) is 4.39 Å². The second-order valence-electron chi connectivity index (χ2n) is 7.31. The highest BCUT2D eigenvalue weighted by molar-refractivity contribution is 6.31. The maximum atomic E-state index is 14.6. The van der Waals surface area contributed by atoms with E-state index in [2.05, 4.69) is 13.0 Å². The Morgan fingerprint density at radius 3 is 2.52 bits per heavy atom. The summed E-state index contributed by atoms with van der Waals surface area (Å²) in [5, 5.41) is 0.333. The predicted octanol–water partition coefficient (Wildman–Crippen LogP) is 7.20. The molecule has 2 aliphatic rings. The van der Waals surface area contributed by atoms with Gasteiger partial charge in [-0.15, -0.1) is 0 Å². The second-order valence-corrected chi connectivity index (χ2v) is 7.69. The van der Waals surface area contributed by atoms with Gasteiger partial charge in [0.25, 0.3) is 0 Å². The molecule has 0 aliphatic heterocycles. The van der Waals surface area contributed by atoms with E-state index in [0.717, 1.165) is 48.6 Å². The molecule has 1 aromatic carbocycles. The van der Waals surface area contributed by atoms with Gasteiger partial charge in [0.1, 0.15) is 5.82 Å². The van der Waals surface area contributed by atoms with Crippen molar-refractivity contribution in [3.8, 4) is 0 Å². The van der Waals surface area contributed by atoms with Gasteiger partial charge in [-0.05, 0) is 48.7 Å². The minimum atomic E-state index is -0.208. The lowest BCUT2D eigenvalue weighted by Crippen LogP contribution is -2.19. The SMILES string of the molecule is CCCc1ccc(C2=CCC(C3CCCCC3)CC2)c(F)c1Cl. The van der Waals surface area contributed by atoms with Crippen LogP contribution >= 0.6 is 11.6 Å². The van der Waals surface area contributed by atoms with Gasteiger partial charge in [0.2, 0.25) is 0 Å². The van der Waals surface area contributed by atoms with Crippen LogP contribution in [0.25, 0.3) is 5.57 Å². The molecule has 1 unspecified atom stereocenters. The summed E-state index contributed by atoms with van der Waals surface area (Å²) in [6, 6.07) is 3.96. The number of hydrogen-bond donors (Lipinski definition) is 0. The number of benzene rings is 1. The Balaban J connectivity index is 1.73. The van der Waals surface area contributed by atoms with E-state index in [1.54, 1.807) is 0 Å². The third-order valence-corrected chi connectivity index (χ3v) is 6.20. The molecule has 2 aliphatic carbocycles. The predicted molar refractivity (Wildman–Crippen MR) is 97.3 cm³/mol. The van der Waals surface area contributed by atoms with Crippen LogP contribution in [0.15, 0.2) is 18.2 Å². The van der Waals surface area contributed by atoms with Crippen LogP contribution < -0.4 is 0 Å². The van der Waals surface area contributed by atoms with Crippen molar-refractivity contribution < 1.29 is 4.39 Å². The van der Waals surface area contributed by atoms with Gasteiger partial charge in [0, 0.05) is 5.56 Å². The van der Waals surface area contributed by atoms with E-state index in [-0.39, 0.29) is 5.82 Å². The van der Waals surface area contributed by atoms with Crippen molar-refractivity contribution in [2.24, 2.45) is 11.8 Å². The lowest BCUT2D eigenvalue weighted by Gasteiger charge is -2.32. The number of halogens is 2. The first-order valence-corrected chi connectivity index (χ1v) is 9.74. The maximum Gasteiger partial charge on any atom is 0.149 e.